The average molecular weight is 308 g/mol. The number of nitrogens with one attached hydrogen (secondary N) is 1. The minimum atomic E-state index is -0.406. The lowest BCUT2D eigenvalue weighted by molar-refractivity contribution is -0.129. The van der Waals surface area contributed by atoms with Crippen molar-refractivity contribution < 1.29 is 18.7 Å². The van der Waals surface area contributed by atoms with Gasteiger partial charge in [0.15, 0.2) is 6.61 Å². The highest BCUT2D eigenvalue weighted by atomic mass is 19.1. The zero-order chi connectivity index (χ0) is 16.1. The van der Waals surface area contributed by atoms with Gasteiger partial charge in [0.1, 0.15) is 11.6 Å². The fraction of sp³-hybridized carbons (Fsp3) is 0.500. The van der Waals surface area contributed by atoms with Crippen LogP contribution < -0.4 is 10.1 Å². The summed E-state index contributed by atoms with van der Waals surface area (Å²) >= 11 is 0. The van der Waals surface area contributed by atoms with E-state index in [4.69, 9.17) is 4.74 Å². The van der Waals surface area contributed by atoms with Gasteiger partial charge in [0.25, 0.3) is 5.91 Å². The van der Waals surface area contributed by atoms with Gasteiger partial charge in [-0.25, -0.2) is 4.39 Å². The zero-order valence-corrected chi connectivity index (χ0v) is 12.8. The summed E-state index contributed by atoms with van der Waals surface area (Å²) in [4.78, 5) is 25.3. The number of benzene rings is 1. The lowest BCUT2D eigenvalue weighted by Gasteiger charge is -2.21. The second-order valence-corrected chi connectivity index (χ2v) is 5.76. The molecule has 1 heterocycles. The molecule has 1 atom stereocenters. The predicted octanol–water partition coefficient (Wildman–Crippen LogP) is 1.58. The number of ether oxygens (including phenoxy) is 1. The molecule has 1 aromatic carbocycles. The van der Waals surface area contributed by atoms with Crippen molar-refractivity contribution in [3.05, 3.63) is 30.1 Å². The van der Waals surface area contributed by atoms with Crippen LogP contribution in [0.4, 0.5) is 4.39 Å². The molecule has 1 unspecified atom stereocenters. The summed E-state index contributed by atoms with van der Waals surface area (Å²) in [5, 5.41) is 2.75. The second kappa shape index (κ2) is 7.24. The molecule has 120 valence electrons. The van der Waals surface area contributed by atoms with Crippen LogP contribution >= 0.6 is 0 Å². The smallest absolute Gasteiger partial charge is 0.257 e. The first-order valence-electron chi connectivity index (χ1n) is 7.40. The predicted molar refractivity (Wildman–Crippen MR) is 79.9 cm³/mol. The van der Waals surface area contributed by atoms with Crippen molar-refractivity contribution in [2.45, 2.75) is 26.3 Å². The second-order valence-electron chi connectivity index (χ2n) is 5.76. The maximum absolute atomic E-state index is 13.0. The molecule has 1 fully saturated rings. The molecule has 0 bridgehead atoms. The molecule has 0 aliphatic carbocycles. The normalized spacial score (nSPS) is 17.9. The van der Waals surface area contributed by atoms with Gasteiger partial charge in [0, 0.05) is 37.5 Å². The van der Waals surface area contributed by atoms with Crippen LogP contribution in [0.1, 0.15) is 20.3 Å². The number of likely N-dealkylation sites (tertiary alicyclic amines) is 1. The molecule has 2 rings (SSSR count). The van der Waals surface area contributed by atoms with E-state index in [1.807, 2.05) is 18.7 Å². The Morgan fingerprint density at radius 1 is 1.50 bits per heavy atom. The standard InChI is InChI=1S/C16H21FN2O3/c1-11(2)19-9-12(6-16(19)21)8-18-15(20)10-22-14-5-3-4-13(17)7-14/h3-5,7,11-12H,6,8-10H2,1-2H3,(H,18,20). The zero-order valence-electron chi connectivity index (χ0n) is 12.8. The van der Waals surface area contributed by atoms with Gasteiger partial charge >= 0.3 is 0 Å². The van der Waals surface area contributed by atoms with Crippen molar-refractivity contribution in [1.82, 2.24) is 10.2 Å². The number of rotatable bonds is 6. The molecule has 0 spiro atoms. The van der Waals surface area contributed by atoms with Gasteiger partial charge in [-0.2, -0.15) is 0 Å². The molecule has 1 N–H and O–H groups in total. The van der Waals surface area contributed by atoms with Crippen LogP contribution in [-0.2, 0) is 9.59 Å². The van der Waals surface area contributed by atoms with E-state index < -0.39 is 5.82 Å². The van der Waals surface area contributed by atoms with Gasteiger partial charge in [0.2, 0.25) is 5.91 Å². The van der Waals surface area contributed by atoms with E-state index in [1.54, 1.807) is 6.07 Å². The summed E-state index contributed by atoms with van der Waals surface area (Å²) in [6, 6.07) is 5.83. The van der Waals surface area contributed by atoms with Crippen LogP contribution in [-0.4, -0.2) is 42.5 Å². The first-order valence-corrected chi connectivity index (χ1v) is 7.40. The van der Waals surface area contributed by atoms with Gasteiger partial charge in [-0.15, -0.1) is 0 Å². The summed E-state index contributed by atoms with van der Waals surface area (Å²) in [5.41, 5.74) is 0. The monoisotopic (exact) mass is 308 g/mol. The van der Waals surface area contributed by atoms with E-state index in [-0.39, 0.29) is 30.4 Å². The third kappa shape index (κ3) is 4.44. The SMILES string of the molecule is CC(C)N1CC(CNC(=O)COc2cccc(F)c2)CC1=O. The van der Waals surface area contributed by atoms with Gasteiger partial charge in [-0.3, -0.25) is 9.59 Å². The molecule has 1 aromatic rings. The van der Waals surface area contributed by atoms with Crippen LogP contribution in [0.2, 0.25) is 0 Å². The van der Waals surface area contributed by atoms with Gasteiger partial charge in [-0.1, -0.05) is 6.07 Å². The van der Waals surface area contributed by atoms with E-state index >= 15 is 0 Å². The van der Waals surface area contributed by atoms with Crippen molar-refractivity contribution >= 4 is 11.8 Å². The van der Waals surface area contributed by atoms with Crippen LogP contribution in [0.25, 0.3) is 0 Å². The fourth-order valence-electron chi connectivity index (χ4n) is 2.46. The van der Waals surface area contributed by atoms with E-state index in [0.717, 1.165) is 0 Å². The molecule has 1 aliphatic rings. The lowest BCUT2D eigenvalue weighted by Crippen LogP contribution is -2.35. The number of carbonyl (C=O) groups excluding carboxylic acids is 2. The highest BCUT2D eigenvalue weighted by molar-refractivity contribution is 5.80. The van der Waals surface area contributed by atoms with Crippen LogP contribution in [0.5, 0.6) is 5.75 Å². The average Bonchev–Trinajstić information content (AvgIpc) is 2.84. The van der Waals surface area contributed by atoms with Crippen molar-refractivity contribution in [3.63, 3.8) is 0 Å². The van der Waals surface area contributed by atoms with Gasteiger partial charge in [-0.05, 0) is 26.0 Å². The third-order valence-corrected chi connectivity index (χ3v) is 3.62. The van der Waals surface area contributed by atoms with Crippen LogP contribution in [0.3, 0.4) is 0 Å². The summed E-state index contributed by atoms with van der Waals surface area (Å²) < 4.78 is 18.2. The Bertz CT molecular complexity index is 548. The lowest BCUT2D eigenvalue weighted by atomic mass is 10.1. The van der Waals surface area contributed by atoms with E-state index in [1.165, 1.54) is 18.2 Å². The first kappa shape index (κ1) is 16.3. The first-order chi connectivity index (χ1) is 10.5. The number of hydrogen-bond acceptors (Lipinski definition) is 3. The molecule has 6 heteroatoms. The Labute approximate surface area is 129 Å². The maximum atomic E-state index is 13.0. The van der Waals surface area contributed by atoms with E-state index in [0.29, 0.717) is 25.3 Å². The number of carbonyl (C=O) groups is 2. The number of nitrogens with zero attached hydrogens (tertiary/aromatic N) is 1. The molecule has 0 aromatic heterocycles. The Balaban J connectivity index is 1.71. The van der Waals surface area contributed by atoms with Crippen molar-refractivity contribution in [1.29, 1.82) is 0 Å². The largest absolute Gasteiger partial charge is 0.484 e. The maximum Gasteiger partial charge on any atom is 0.257 e. The van der Waals surface area contributed by atoms with Gasteiger partial charge < -0.3 is 15.0 Å². The number of amides is 2. The fourth-order valence-corrected chi connectivity index (χ4v) is 2.46. The summed E-state index contributed by atoms with van der Waals surface area (Å²) in [7, 11) is 0. The van der Waals surface area contributed by atoms with Crippen molar-refractivity contribution in [2.24, 2.45) is 5.92 Å². The molecule has 0 radical (unpaired) electrons. The molecule has 2 amide bonds. The highest BCUT2D eigenvalue weighted by Gasteiger charge is 2.31. The minimum Gasteiger partial charge on any atom is -0.484 e. The van der Waals surface area contributed by atoms with Crippen LogP contribution in [0, 0.1) is 11.7 Å². The molecule has 22 heavy (non-hydrogen) atoms. The Morgan fingerprint density at radius 3 is 2.91 bits per heavy atom. The topological polar surface area (TPSA) is 58.6 Å². The van der Waals surface area contributed by atoms with E-state index in [2.05, 4.69) is 5.32 Å². The molecular weight excluding hydrogens is 287 g/mol. The molecule has 1 saturated heterocycles. The van der Waals surface area contributed by atoms with Crippen molar-refractivity contribution in [3.8, 4) is 5.75 Å². The molecule has 5 nitrogen and oxygen atoms in total. The molecule has 1 aliphatic heterocycles. The molecule has 0 saturated carbocycles. The van der Waals surface area contributed by atoms with Gasteiger partial charge in [0.05, 0.1) is 0 Å². The number of halogens is 1. The quantitative estimate of drug-likeness (QED) is 0.868. The molecular formula is C16H21FN2O3. The summed E-state index contributed by atoms with van der Waals surface area (Å²) in [5.74, 6) is -0.105. The summed E-state index contributed by atoms with van der Waals surface area (Å²) in [6.45, 7) is 4.90. The Hall–Kier alpha value is -2.11. The third-order valence-electron chi connectivity index (χ3n) is 3.62. The van der Waals surface area contributed by atoms with Crippen LogP contribution in [0.15, 0.2) is 24.3 Å². The number of hydrogen-bond donors (Lipinski definition) is 1. The Morgan fingerprint density at radius 2 is 2.27 bits per heavy atom. The highest BCUT2D eigenvalue weighted by Crippen LogP contribution is 2.19. The summed E-state index contributed by atoms with van der Waals surface area (Å²) in [6.07, 6.45) is 0.462. The van der Waals surface area contributed by atoms with E-state index in [9.17, 15) is 14.0 Å². The Kier molecular flexibility index (Phi) is 5.35. The minimum absolute atomic E-state index is 0.130. The van der Waals surface area contributed by atoms with Crippen molar-refractivity contribution in [2.75, 3.05) is 19.7 Å².